The lowest BCUT2D eigenvalue weighted by Gasteiger charge is -2.12. The van der Waals surface area contributed by atoms with E-state index < -0.39 is 0 Å². The van der Waals surface area contributed by atoms with E-state index >= 15 is 0 Å². The summed E-state index contributed by atoms with van der Waals surface area (Å²) in [6, 6.07) is 17.2. The van der Waals surface area contributed by atoms with Gasteiger partial charge in [-0.15, -0.1) is 0 Å². The van der Waals surface area contributed by atoms with Crippen LogP contribution in [0.15, 0.2) is 60.9 Å². The third kappa shape index (κ3) is 4.85. The van der Waals surface area contributed by atoms with Crippen molar-refractivity contribution in [1.82, 2.24) is 9.97 Å². The van der Waals surface area contributed by atoms with Crippen LogP contribution in [0.5, 0.6) is 0 Å². The van der Waals surface area contributed by atoms with Gasteiger partial charge in [-0.05, 0) is 42.7 Å². The van der Waals surface area contributed by atoms with Crippen molar-refractivity contribution in [3.8, 4) is 0 Å². The van der Waals surface area contributed by atoms with Crippen molar-refractivity contribution in [2.75, 3.05) is 17.2 Å². The number of anilines is 4. The first-order chi connectivity index (χ1) is 13.6. The molecule has 0 saturated heterocycles. The topological polar surface area (TPSA) is 76.1 Å². The van der Waals surface area contributed by atoms with Crippen molar-refractivity contribution in [2.45, 2.75) is 26.7 Å². The van der Waals surface area contributed by atoms with Crippen LogP contribution < -0.4 is 10.6 Å². The molecule has 0 bridgehead atoms. The first-order valence-corrected chi connectivity index (χ1v) is 9.29. The Morgan fingerprint density at radius 3 is 2.36 bits per heavy atom. The van der Waals surface area contributed by atoms with E-state index in [-0.39, 0.29) is 5.97 Å². The van der Waals surface area contributed by atoms with Gasteiger partial charge >= 0.3 is 5.97 Å². The normalized spacial score (nSPS) is 10.6. The van der Waals surface area contributed by atoms with Crippen LogP contribution in [-0.2, 0) is 4.74 Å². The van der Waals surface area contributed by atoms with Gasteiger partial charge in [0.1, 0.15) is 18.0 Å². The zero-order valence-electron chi connectivity index (χ0n) is 16.3. The summed E-state index contributed by atoms with van der Waals surface area (Å²) in [5.41, 5.74) is 3.32. The largest absolute Gasteiger partial charge is 0.462 e. The first kappa shape index (κ1) is 19.4. The van der Waals surface area contributed by atoms with Crippen molar-refractivity contribution in [3.05, 3.63) is 72.1 Å². The van der Waals surface area contributed by atoms with Gasteiger partial charge < -0.3 is 15.4 Å². The highest BCUT2D eigenvalue weighted by atomic mass is 16.5. The second kappa shape index (κ2) is 8.99. The summed E-state index contributed by atoms with van der Waals surface area (Å²) in [4.78, 5) is 20.6. The highest BCUT2D eigenvalue weighted by Crippen LogP contribution is 2.23. The van der Waals surface area contributed by atoms with Gasteiger partial charge in [0, 0.05) is 11.8 Å². The maximum absolute atomic E-state index is 12.1. The second-order valence-electron chi connectivity index (χ2n) is 6.58. The molecule has 0 aliphatic heterocycles. The molecule has 6 heteroatoms. The minimum absolute atomic E-state index is 0.324. The minimum atomic E-state index is -0.372. The van der Waals surface area contributed by atoms with Crippen LogP contribution >= 0.6 is 0 Å². The van der Waals surface area contributed by atoms with Crippen LogP contribution in [-0.4, -0.2) is 22.5 Å². The smallest absolute Gasteiger partial charge is 0.340 e. The molecule has 2 aromatic carbocycles. The Morgan fingerprint density at radius 2 is 1.68 bits per heavy atom. The number of para-hydroxylation sites is 1. The van der Waals surface area contributed by atoms with E-state index in [2.05, 4.69) is 46.6 Å². The predicted octanol–water partition coefficient (Wildman–Crippen LogP) is 5.26. The number of carbonyl (C=O) groups excluding carboxylic acids is 1. The van der Waals surface area contributed by atoms with E-state index in [1.165, 1.54) is 11.9 Å². The van der Waals surface area contributed by atoms with Gasteiger partial charge in [0.05, 0.1) is 17.9 Å². The molecule has 0 unspecified atom stereocenters. The molecule has 2 N–H and O–H groups in total. The molecule has 144 valence electrons. The lowest BCUT2D eigenvalue weighted by atomic mass is 10.0. The molecular weight excluding hydrogens is 352 g/mol. The molecular formula is C22H24N4O2. The molecule has 0 atom stereocenters. The van der Waals surface area contributed by atoms with Crippen LogP contribution in [0.4, 0.5) is 23.0 Å². The summed E-state index contributed by atoms with van der Waals surface area (Å²) < 4.78 is 5.11. The van der Waals surface area contributed by atoms with Gasteiger partial charge in [-0.25, -0.2) is 14.8 Å². The van der Waals surface area contributed by atoms with Crippen molar-refractivity contribution < 1.29 is 9.53 Å². The van der Waals surface area contributed by atoms with Crippen LogP contribution in [0.3, 0.4) is 0 Å². The minimum Gasteiger partial charge on any atom is -0.462 e. The lowest BCUT2D eigenvalue weighted by Crippen LogP contribution is -2.08. The predicted molar refractivity (Wildman–Crippen MR) is 112 cm³/mol. The van der Waals surface area contributed by atoms with Gasteiger partial charge in [0.25, 0.3) is 0 Å². The SMILES string of the molecule is CCOC(=O)c1ccccc1Nc1cc(Nc2ccc(C(C)C)cc2)ncn1. The third-order valence-electron chi connectivity index (χ3n) is 4.20. The zero-order chi connectivity index (χ0) is 19.9. The Balaban J connectivity index is 1.76. The fourth-order valence-electron chi connectivity index (χ4n) is 2.71. The Morgan fingerprint density at radius 1 is 1.00 bits per heavy atom. The highest BCUT2D eigenvalue weighted by Gasteiger charge is 2.12. The fourth-order valence-corrected chi connectivity index (χ4v) is 2.71. The van der Waals surface area contributed by atoms with E-state index in [0.717, 1.165) is 5.69 Å². The highest BCUT2D eigenvalue weighted by molar-refractivity contribution is 5.96. The number of hydrogen-bond acceptors (Lipinski definition) is 6. The molecule has 6 nitrogen and oxygen atoms in total. The Labute approximate surface area is 165 Å². The average molecular weight is 376 g/mol. The number of ether oxygens (including phenoxy) is 1. The molecule has 3 rings (SSSR count). The van der Waals surface area contributed by atoms with E-state index in [1.807, 2.05) is 24.3 Å². The summed E-state index contributed by atoms with van der Waals surface area (Å²) in [6.45, 7) is 6.44. The van der Waals surface area contributed by atoms with Crippen LogP contribution in [0, 0.1) is 0 Å². The summed E-state index contributed by atoms with van der Waals surface area (Å²) in [7, 11) is 0. The molecule has 0 aliphatic rings. The summed E-state index contributed by atoms with van der Waals surface area (Å²) >= 11 is 0. The molecule has 28 heavy (non-hydrogen) atoms. The average Bonchev–Trinajstić information content (AvgIpc) is 2.69. The maximum Gasteiger partial charge on any atom is 0.340 e. The van der Waals surface area contributed by atoms with E-state index in [1.54, 1.807) is 25.1 Å². The number of esters is 1. The number of carbonyl (C=O) groups is 1. The summed E-state index contributed by atoms with van der Waals surface area (Å²) in [5, 5.41) is 6.44. The number of nitrogens with one attached hydrogen (secondary N) is 2. The number of benzene rings is 2. The van der Waals surface area contributed by atoms with Crippen molar-refractivity contribution >= 4 is 29.0 Å². The molecule has 1 heterocycles. The molecule has 0 saturated carbocycles. The van der Waals surface area contributed by atoms with Crippen LogP contribution in [0.2, 0.25) is 0 Å². The number of aromatic nitrogens is 2. The van der Waals surface area contributed by atoms with E-state index in [9.17, 15) is 4.79 Å². The maximum atomic E-state index is 12.1. The first-order valence-electron chi connectivity index (χ1n) is 9.29. The Bertz CT molecular complexity index is 939. The molecule has 0 amide bonds. The monoisotopic (exact) mass is 376 g/mol. The Hall–Kier alpha value is -3.41. The molecule has 0 aliphatic carbocycles. The van der Waals surface area contributed by atoms with Gasteiger partial charge in [-0.1, -0.05) is 38.1 Å². The van der Waals surface area contributed by atoms with Gasteiger partial charge in [0.2, 0.25) is 0 Å². The van der Waals surface area contributed by atoms with Crippen LogP contribution in [0.25, 0.3) is 0 Å². The quantitative estimate of drug-likeness (QED) is 0.548. The molecule has 1 aromatic heterocycles. The zero-order valence-corrected chi connectivity index (χ0v) is 16.3. The van der Waals surface area contributed by atoms with Crippen molar-refractivity contribution in [1.29, 1.82) is 0 Å². The van der Waals surface area contributed by atoms with Crippen molar-refractivity contribution in [3.63, 3.8) is 0 Å². The third-order valence-corrected chi connectivity index (χ3v) is 4.20. The number of rotatable bonds is 7. The molecule has 3 aromatic rings. The summed E-state index contributed by atoms with van der Waals surface area (Å²) in [6.07, 6.45) is 1.47. The lowest BCUT2D eigenvalue weighted by molar-refractivity contribution is 0.0527. The van der Waals surface area contributed by atoms with Gasteiger partial charge in [0.15, 0.2) is 0 Å². The van der Waals surface area contributed by atoms with E-state index in [0.29, 0.717) is 35.4 Å². The standard InChI is InChI=1S/C22H24N4O2/c1-4-28-22(27)18-7-5-6-8-19(18)26-21-13-20(23-14-24-21)25-17-11-9-16(10-12-17)15(2)3/h5-15H,4H2,1-3H3,(H2,23,24,25,26). The summed E-state index contributed by atoms with van der Waals surface area (Å²) in [5.74, 6) is 1.35. The Kier molecular flexibility index (Phi) is 6.22. The van der Waals surface area contributed by atoms with Crippen molar-refractivity contribution in [2.24, 2.45) is 0 Å². The van der Waals surface area contributed by atoms with Gasteiger partial charge in [-0.3, -0.25) is 0 Å². The van der Waals surface area contributed by atoms with Gasteiger partial charge in [-0.2, -0.15) is 0 Å². The van der Waals surface area contributed by atoms with E-state index in [4.69, 9.17) is 4.74 Å². The number of hydrogen-bond donors (Lipinski definition) is 2. The second-order valence-corrected chi connectivity index (χ2v) is 6.58. The fraction of sp³-hybridized carbons (Fsp3) is 0.227. The number of nitrogens with zero attached hydrogens (tertiary/aromatic N) is 2. The molecule has 0 radical (unpaired) electrons. The molecule has 0 spiro atoms. The van der Waals surface area contributed by atoms with Crippen LogP contribution in [0.1, 0.15) is 42.6 Å². The molecule has 0 fully saturated rings.